The number of aromatic nitrogens is 3. The van der Waals surface area contributed by atoms with E-state index < -0.39 is 0 Å². The maximum Gasteiger partial charge on any atom is 0.217 e. The summed E-state index contributed by atoms with van der Waals surface area (Å²) in [5.74, 6) is 1.48. The third kappa shape index (κ3) is 1.49. The highest BCUT2D eigenvalue weighted by Crippen LogP contribution is 2.32. The molecule has 2 heterocycles. The summed E-state index contributed by atoms with van der Waals surface area (Å²) < 4.78 is 2.68. The quantitative estimate of drug-likeness (QED) is 0.792. The van der Waals surface area contributed by atoms with Crippen molar-refractivity contribution in [2.24, 2.45) is 0 Å². The molecule has 15 heavy (non-hydrogen) atoms. The van der Waals surface area contributed by atoms with Gasteiger partial charge in [-0.3, -0.25) is 0 Å². The molecular formula is C11H10BrN3. The van der Waals surface area contributed by atoms with Crippen molar-refractivity contribution in [1.82, 2.24) is 14.8 Å². The number of hydrogen-bond donors (Lipinski definition) is 0. The molecule has 1 aliphatic rings. The number of hydrogen-bond acceptors (Lipinski definition) is 2. The molecule has 1 aliphatic heterocycles. The Morgan fingerprint density at radius 2 is 2.07 bits per heavy atom. The van der Waals surface area contributed by atoms with E-state index in [-0.39, 0.29) is 0 Å². The Morgan fingerprint density at radius 1 is 1.27 bits per heavy atom. The third-order valence-electron chi connectivity index (χ3n) is 2.82. The van der Waals surface area contributed by atoms with Crippen LogP contribution in [0.3, 0.4) is 0 Å². The van der Waals surface area contributed by atoms with Crippen LogP contribution in [0.4, 0.5) is 0 Å². The summed E-state index contributed by atoms with van der Waals surface area (Å²) in [6, 6.07) is 10.5. The molecule has 1 atom stereocenters. The topological polar surface area (TPSA) is 30.7 Å². The highest BCUT2D eigenvalue weighted by atomic mass is 79.9. The fraction of sp³-hybridized carbons (Fsp3) is 0.273. The fourth-order valence-corrected chi connectivity index (χ4v) is 2.50. The van der Waals surface area contributed by atoms with Crippen LogP contribution in [-0.4, -0.2) is 14.8 Å². The van der Waals surface area contributed by atoms with Crippen molar-refractivity contribution in [2.45, 2.75) is 18.9 Å². The summed E-state index contributed by atoms with van der Waals surface area (Å²) >= 11 is 3.31. The fourth-order valence-electron chi connectivity index (χ4n) is 2.13. The number of benzene rings is 1. The summed E-state index contributed by atoms with van der Waals surface area (Å²) in [5, 5.41) is 4.29. The van der Waals surface area contributed by atoms with Gasteiger partial charge in [-0.25, -0.2) is 9.67 Å². The first-order valence-corrected chi connectivity index (χ1v) is 5.79. The first-order valence-electron chi connectivity index (χ1n) is 5.00. The van der Waals surface area contributed by atoms with E-state index in [4.69, 9.17) is 0 Å². The molecule has 76 valence electrons. The van der Waals surface area contributed by atoms with Gasteiger partial charge in [0.25, 0.3) is 0 Å². The largest absolute Gasteiger partial charge is 0.248 e. The molecule has 0 aliphatic carbocycles. The van der Waals surface area contributed by atoms with Crippen molar-refractivity contribution in [3.63, 3.8) is 0 Å². The van der Waals surface area contributed by atoms with Gasteiger partial charge in [-0.15, -0.1) is 5.10 Å². The molecule has 0 bridgehead atoms. The zero-order valence-corrected chi connectivity index (χ0v) is 9.68. The van der Waals surface area contributed by atoms with E-state index >= 15 is 0 Å². The van der Waals surface area contributed by atoms with Crippen LogP contribution < -0.4 is 0 Å². The van der Waals surface area contributed by atoms with E-state index in [9.17, 15) is 0 Å². The molecule has 1 aromatic heterocycles. The van der Waals surface area contributed by atoms with E-state index in [2.05, 4.69) is 50.3 Å². The van der Waals surface area contributed by atoms with Gasteiger partial charge in [0.15, 0.2) is 0 Å². The van der Waals surface area contributed by atoms with Crippen molar-refractivity contribution in [3.05, 3.63) is 46.5 Å². The van der Waals surface area contributed by atoms with Gasteiger partial charge >= 0.3 is 0 Å². The van der Waals surface area contributed by atoms with Crippen molar-refractivity contribution in [2.75, 3.05) is 0 Å². The lowest BCUT2D eigenvalue weighted by molar-refractivity contribution is 0.644. The number of rotatable bonds is 1. The van der Waals surface area contributed by atoms with E-state index in [0.29, 0.717) is 10.7 Å². The molecule has 1 aromatic carbocycles. The molecule has 4 heteroatoms. The summed E-state index contributed by atoms with van der Waals surface area (Å²) in [6.07, 6.45) is 1.10. The van der Waals surface area contributed by atoms with Crippen LogP contribution in [-0.2, 0) is 6.54 Å². The second kappa shape index (κ2) is 3.45. The Hall–Kier alpha value is -1.16. The van der Waals surface area contributed by atoms with Crippen molar-refractivity contribution < 1.29 is 0 Å². The zero-order valence-electron chi connectivity index (χ0n) is 8.10. The molecule has 0 amide bonds. The monoisotopic (exact) mass is 263 g/mol. The molecule has 2 aromatic rings. The third-order valence-corrected chi connectivity index (χ3v) is 3.15. The second-order valence-electron chi connectivity index (χ2n) is 3.71. The number of fused-ring (bicyclic) bond motifs is 1. The normalized spacial score (nSPS) is 19.1. The van der Waals surface area contributed by atoms with Crippen LogP contribution in [0.5, 0.6) is 0 Å². The molecular weight excluding hydrogens is 254 g/mol. The summed E-state index contributed by atoms with van der Waals surface area (Å²) in [5.41, 5.74) is 1.33. The van der Waals surface area contributed by atoms with E-state index in [1.165, 1.54) is 5.56 Å². The minimum absolute atomic E-state index is 0.407. The molecule has 0 saturated heterocycles. The van der Waals surface area contributed by atoms with Crippen LogP contribution in [0.25, 0.3) is 0 Å². The minimum atomic E-state index is 0.407. The standard InChI is InChI=1S/C11H10BrN3/c12-11-13-10-9(6-7-15(10)14-11)8-4-2-1-3-5-8/h1-5,9H,6-7H2. The summed E-state index contributed by atoms with van der Waals surface area (Å²) in [6.45, 7) is 0.966. The van der Waals surface area contributed by atoms with E-state index in [1.807, 2.05) is 10.7 Å². The Labute approximate surface area is 96.3 Å². The lowest BCUT2D eigenvalue weighted by Crippen LogP contribution is -1.98. The number of aryl methyl sites for hydroxylation is 1. The van der Waals surface area contributed by atoms with Crippen LogP contribution >= 0.6 is 15.9 Å². The van der Waals surface area contributed by atoms with Crippen molar-refractivity contribution in [3.8, 4) is 0 Å². The first-order chi connectivity index (χ1) is 7.34. The van der Waals surface area contributed by atoms with Crippen LogP contribution in [0, 0.1) is 0 Å². The summed E-state index contributed by atoms with van der Waals surface area (Å²) in [4.78, 5) is 4.42. The lowest BCUT2D eigenvalue weighted by Gasteiger charge is -2.07. The minimum Gasteiger partial charge on any atom is -0.248 e. The predicted molar refractivity (Wildman–Crippen MR) is 60.6 cm³/mol. The van der Waals surface area contributed by atoms with E-state index in [0.717, 1.165) is 18.8 Å². The van der Waals surface area contributed by atoms with Crippen molar-refractivity contribution in [1.29, 1.82) is 0 Å². The Morgan fingerprint density at radius 3 is 2.87 bits per heavy atom. The van der Waals surface area contributed by atoms with Gasteiger partial charge in [-0.05, 0) is 27.9 Å². The van der Waals surface area contributed by atoms with Gasteiger partial charge in [0.2, 0.25) is 4.73 Å². The second-order valence-corrected chi connectivity index (χ2v) is 4.42. The first kappa shape index (κ1) is 9.09. The van der Waals surface area contributed by atoms with Gasteiger partial charge in [0.1, 0.15) is 5.82 Å². The molecule has 1 unspecified atom stereocenters. The highest BCUT2D eigenvalue weighted by Gasteiger charge is 2.27. The van der Waals surface area contributed by atoms with Gasteiger partial charge in [-0.2, -0.15) is 0 Å². The summed E-state index contributed by atoms with van der Waals surface area (Å²) in [7, 11) is 0. The average molecular weight is 264 g/mol. The Kier molecular flexibility index (Phi) is 2.09. The van der Waals surface area contributed by atoms with Crippen LogP contribution in [0.15, 0.2) is 35.1 Å². The van der Waals surface area contributed by atoms with Gasteiger partial charge < -0.3 is 0 Å². The molecule has 3 nitrogen and oxygen atoms in total. The number of halogens is 1. The predicted octanol–water partition coefficient (Wildman–Crippen LogP) is 2.58. The van der Waals surface area contributed by atoms with Crippen molar-refractivity contribution >= 4 is 15.9 Å². The molecule has 0 spiro atoms. The maximum absolute atomic E-state index is 4.42. The Bertz CT molecular complexity index is 478. The van der Waals surface area contributed by atoms with Gasteiger partial charge in [0, 0.05) is 12.5 Å². The zero-order chi connectivity index (χ0) is 10.3. The molecule has 0 fully saturated rings. The smallest absolute Gasteiger partial charge is 0.217 e. The average Bonchev–Trinajstić information content (AvgIpc) is 2.77. The molecule has 3 rings (SSSR count). The van der Waals surface area contributed by atoms with E-state index in [1.54, 1.807) is 0 Å². The van der Waals surface area contributed by atoms with Crippen LogP contribution in [0.2, 0.25) is 0 Å². The maximum atomic E-state index is 4.42. The van der Waals surface area contributed by atoms with Crippen LogP contribution in [0.1, 0.15) is 23.7 Å². The number of nitrogens with zero attached hydrogens (tertiary/aromatic N) is 3. The molecule has 0 radical (unpaired) electrons. The molecule has 0 N–H and O–H groups in total. The molecule has 0 saturated carbocycles. The van der Waals surface area contributed by atoms with Gasteiger partial charge in [0.05, 0.1) is 0 Å². The van der Waals surface area contributed by atoms with Gasteiger partial charge in [-0.1, -0.05) is 30.3 Å². The lowest BCUT2D eigenvalue weighted by atomic mass is 9.97. The highest BCUT2D eigenvalue weighted by molar-refractivity contribution is 9.10. The Balaban J connectivity index is 2.03. The SMILES string of the molecule is Brc1nc2n(n1)CCC2c1ccccc1.